The molecule has 1 N–H and O–H groups in total. The Labute approximate surface area is 84.3 Å². The molecule has 1 atom stereocenters. The van der Waals surface area contributed by atoms with E-state index in [0.717, 1.165) is 11.3 Å². The Bertz CT molecular complexity index is 256. The van der Waals surface area contributed by atoms with Gasteiger partial charge in [0.2, 0.25) is 0 Å². The highest BCUT2D eigenvalue weighted by molar-refractivity contribution is 5.27. The van der Waals surface area contributed by atoms with Crippen molar-refractivity contribution in [3.05, 3.63) is 29.8 Å². The minimum atomic E-state index is -0.437. The van der Waals surface area contributed by atoms with E-state index in [0.29, 0.717) is 13.0 Å². The average molecular weight is 196 g/mol. The zero-order chi connectivity index (χ0) is 10.4. The van der Waals surface area contributed by atoms with Gasteiger partial charge < -0.3 is 14.6 Å². The molecule has 0 aromatic heterocycles. The monoisotopic (exact) mass is 196 g/mol. The molecule has 0 fully saturated rings. The largest absolute Gasteiger partial charge is 0.497 e. The van der Waals surface area contributed by atoms with E-state index < -0.39 is 6.10 Å². The molecule has 0 amide bonds. The topological polar surface area (TPSA) is 38.7 Å². The summed E-state index contributed by atoms with van der Waals surface area (Å²) >= 11 is 0. The van der Waals surface area contributed by atoms with Crippen molar-refractivity contribution in [2.24, 2.45) is 0 Å². The van der Waals surface area contributed by atoms with Crippen LogP contribution in [0.15, 0.2) is 24.3 Å². The molecule has 1 aromatic rings. The third-order valence-corrected chi connectivity index (χ3v) is 1.99. The fourth-order valence-electron chi connectivity index (χ4n) is 1.29. The molecule has 3 nitrogen and oxygen atoms in total. The van der Waals surface area contributed by atoms with Crippen LogP contribution in [0.3, 0.4) is 0 Å². The third-order valence-electron chi connectivity index (χ3n) is 1.99. The second kappa shape index (κ2) is 5.62. The quantitative estimate of drug-likeness (QED) is 0.770. The second-order valence-corrected chi connectivity index (χ2v) is 3.16. The Kier molecular flexibility index (Phi) is 4.43. The van der Waals surface area contributed by atoms with Crippen LogP contribution >= 0.6 is 0 Å². The van der Waals surface area contributed by atoms with E-state index in [-0.39, 0.29) is 0 Å². The van der Waals surface area contributed by atoms with Crippen LogP contribution in [0.2, 0.25) is 0 Å². The Morgan fingerprint density at radius 1 is 1.21 bits per heavy atom. The van der Waals surface area contributed by atoms with Gasteiger partial charge in [-0.25, -0.2) is 0 Å². The minimum absolute atomic E-state index is 0.367. The maximum absolute atomic E-state index is 9.47. The van der Waals surface area contributed by atoms with Gasteiger partial charge in [-0.1, -0.05) is 12.1 Å². The maximum atomic E-state index is 9.47. The lowest BCUT2D eigenvalue weighted by Crippen LogP contribution is -2.16. The van der Waals surface area contributed by atoms with Crippen molar-refractivity contribution in [1.82, 2.24) is 0 Å². The first-order valence-corrected chi connectivity index (χ1v) is 4.56. The van der Waals surface area contributed by atoms with Crippen molar-refractivity contribution in [2.45, 2.75) is 12.5 Å². The van der Waals surface area contributed by atoms with E-state index in [2.05, 4.69) is 0 Å². The molecule has 0 heterocycles. The number of aliphatic hydroxyl groups is 1. The van der Waals surface area contributed by atoms with Crippen LogP contribution in [0.1, 0.15) is 5.56 Å². The Morgan fingerprint density at radius 3 is 2.36 bits per heavy atom. The van der Waals surface area contributed by atoms with Crippen molar-refractivity contribution >= 4 is 0 Å². The van der Waals surface area contributed by atoms with Crippen molar-refractivity contribution in [2.75, 3.05) is 20.8 Å². The van der Waals surface area contributed by atoms with Gasteiger partial charge in [-0.3, -0.25) is 0 Å². The molecule has 14 heavy (non-hydrogen) atoms. The van der Waals surface area contributed by atoms with Crippen molar-refractivity contribution in [3.63, 3.8) is 0 Å². The molecule has 1 aromatic carbocycles. The van der Waals surface area contributed by atoms with E-state index in [1.54, 1.807) is 14.2 Å². The second-order valence-electron chi connectivity index (χ2n) is 3.16. The lowest BCUT2D eigenvalue weighted by molar-refractivity contribution is 0.0650. The molecule has 0 bridgehead atoms. The van der Waals surface area contributed by atoms with Crippen LogP contribution in [-0.2, 0) is 11.2 Å². The predicted octanol–water partition coefficient (Wildman–Crippen LogP) is 1.25. The molecule has 0 unspecified atom stereocenters. The van der Waals surface area contributed by atoms with Gasteiger partial charge >= 0.3 is 0 Å². The molecule has 0 aliphatic carbocycles. The Balaban J connectivity index is 2.50. The van der Waals surface area contributed by atoms with Crippen LogP contribution < -0.4 is 4.74 Å². The minimum Gasteiger partial charge on any atom is -0.497 e. The first-order valence-electron chi connectivity index (χ1n) is 4.56. The summed E-state index contributed by atoms with van der Waals surface area (Å²) in [6.45, 7) is 0.367. The normalized spacial score (nSPS) is 12.5. The van der Waals surface area contributed by atoms with Crippen molar-refractivity contribution in [1.29, 1.82) is 0 Å². The summed E-state index contributed by atoms with van der Waals surface area (Å²) in [5.74, 6) is 0.829. The number of methoxy groups -OCH3 is 2. The van der Waals surface area contributed by atoms with E-state index in [1.165, 1.54) is 0 Å². The van der Waals surface area contributed by atoms with Gasteiger partial charge in [0.15, 0.2) is 0 Å². The van der Waals surface area contributed by atoms with Gasteiger partial charge in [0.1, 0.15) is 5.75 Å². The summed E-state index contributed by atoms with van der Waals surface area (Å²) in [6.07, 6.45) is 0.172. The van der Waals surface area contributed by atoms with E-state index in [4.69, 9.17) is 9.47 Å². The first-order chi connectivity index (χ1) is 6.76. The number of rotatable bonds is 5. The summed E-state index contributed by atoms with van der Waals surface area (Å²) < 4.78 is 9.88. The van der Waals surface area contributed by atoms with E-state index in [1.807, 2.05) is 24.3 Å². The summed E-state index contributed by atoms with van der Waals surface area (Å²) in [5.41, 5.74) is 1.08. The Hall–Kier alpha value is -1.06. The predicted molar refractivity (Wildman–Crippen MR) is 54.6 cm³/mol. The number of benzene rings is 1. The van der Waals surface area contributed by atoms with Gasteiger partial charge in [0, 0.05) is 13.5 Å². The zero-order valence-electron chi connectivity index (χ0n) is 8.56. The van der Waals surface area contributed by atoms with Crippen LogP contribution in [0, 0.1) is 0 Å². The lowest BCUT2D eigenvalue weighted by atomic mass is 10.1. The molecule has 0 aliphatic rings. The van der Waals surface area contributed by atoms with Gasteiger partial charge in [-0.2, -0.15) is 0 Å². The zero-order valence-corrected chi connectivity index (χ0v) is 8.56. The third kappa shape index (κ3) is 3.36. The highest BCUT2D eigenvalue weighted by Crippen LogP contribution is 2.12. The fourth-order valence-corrected chi connectivity index (χ4v) is 1.29. The molecule has 78 valence electrons. The molecular weight excluding hydrogens is 180 g/mol. The summed E-state index contributed by atoms with van der Waals surface area (Å²) in [6, 6.07) is 7.65. The Morgan fingerprint density at radius 2 is 1.86 bits per heavy atom. The number of aliphatic hydroxyl groups excluding tert-OH is 1. The van der Waals surface area contributed by atoms with E-state index in [9.17, 15) is 5.11 Å². The molecule has 0 saturated carbocycles. The number of hydrogen-bond acceptors (Lipinski definition) is 3. The van der Waals surface area contributed by atoms with Gasteiger partial charge in [0.25, 0.3) is 0 Å². The molecule has 3 heteroatoms. The number of ether oxygens (including phenoxy) is 2. The van der Waals surface area contributed by atoms with Crippen LogP contribution in [0.4, 0.5) is 0 Å². The van der Waals surface area contributed by atoms with E-state index >= 15 is 0 Å². The smallest absolute Gasteiger partial charge is 0.118 e. The maximum Gasteiger partial charge on any atom is 0.118 e. The SMILES string of the molecule is COC[C@H](O)Cc1ccc(OC)cc1. The molecule has 0 aliphatic heterocycles. The lowest BCUT2D eigenvalue weighted by Gasteiger charge is -2.09. The summed E-state index contributed by atoms with van der Waals surface area (Å²) in [5, 5.41) is 9.47. The summed E-state index contributed by atoms with van der Waals surface area (Å²) in [4.78, 5) is 0. The highest BCUT2D eigenvalue weighted by atomic mass is 16.5. The van der Waals surface area contributed by atoms with Gasteiger partial charge in [0.05, 0.1) is 19.8 Å². The summed E-state index contributed by atoms with van der Waals surface area (Å²) in [7, 11) is 3.21. The molecule has 0 radical (unpaired) electrons. The first kappa shape index (κ1) is 11.0. The van der Waals surface area contributed by atoms with Crippen LogP contribution in [0.5, 0.6) is 5.75 Å². The average Bonchev–Trinajstić information content (AvgIpc) is 2.19. The molecular formula is C11H16O3. The number of hydrogen-bond donors (Lipinski definition) is 1. The van der Waals surface area contributed by atoms with Crippen LogP contribution in [0.25, 0.3) is 0 Å². The van der Waals surface area contributed by atoms with Gasteiger partial charge in [-0.05, 0) is 17.7 Å². The standard InChI is InChI=1S/C11H16O3/c1-13-8-10(12)7-9-3-5-11(14-2)6-4-9/h3-6,10,12H,7-8H2,1-2H3/t10-/m1/s1. The van der Waals surface area contributed by atoms with Crippen LogP contribution in [-0.4, -0.2) is 32.0 Å². The fraction of sp³-hybridized carbons (Fsp3) is 0.455. The van der Waals surface area contributed by atoms with Crippen molar-refractivity contribution in [3.8, 4) is 5.75 Å². The highest BCUT2D eigenvalue weighted by Gasteiger charge is 2.04. The molecule has 1 rings (SSSR count). The molecule has 0 saturated heterocycles. The van der Waals surface area contributed by atoms with Crippen molar-refractivity contribution < 1.29 is 14.6 Å². The van der Waals surface area contributed by atoms with Gasteiger partial charge in [-0.15, -0.1) is 0 Å². The molecule has 0 spiro atoms.